The number of amides is 1. The van der Waals surface area contributed by atoms with Crippen molar-refractivity contribution in [2.45, 2.75) is 45.3 Å². The van der Waals surface area contributed by atoms with E-state index in [1.807, 2.05) is 13.8 Å². The molecule has 0 spiro atoms. The Bertz CT molecular complexity index is 217. The van der Waals surface area contributed by atoms with Crippen molar-refractivity contribution in [3.63, 3.8) is 0 Å². The maximum absolute atomic E-state index is 11.5. The minimum atomic E-state index is -0.457. The average Bonchev–Trinajstić information content (AvgIpc) is 3.06. The molecule has 4 heteroatoms. The predicted molar refractivity (Wildman–Crippen MR) is 59.2 cm³/mol. The van der Waals surface area contributed by atoms with Crippen molar-refractivity contribution in [2.24, 2.45) is 17.6 Å². The van der Waals surface area contributed by atoms with Crippen LogP contribution in [0.4, 0.5) is 0 Å². The van der Waals surface area contributed by atoms with E-state index in [-0.39, 0.29) is 11.8 Å². The lowest BCUT2D eigenvalue weighted by Crippen LogP contribution is -2.46. The van der Waals surface area contributed by atoms with Crippen molar-refractivity contribution in [3.05, 3.63) is 0 Å². The lowest BCUT2D eigenvalue weighted by Gasteiger charge is -2.19. The molecule has 0 aromatic carbocycles. The van der Waals surface area contributed by atoms with Gasteiger partial charge in [-0.05, 0) is 24.7 Å². The monoisotopic (exact) mass is 214 g/mol. The summed E-state index contributed by atoms with van der Waals surface area (Å²) in [7, 11) is 0. The van der Waals surface area contributed by atoms with E-state index >= 15 is 0 Å². The van der Waals surface area contributed by atoms with Crippen LogP contribution in [-0.2, 0) is 4.79 Å². The maximum atomic E-state index is 11.5. The number of aliphatic hydroxyl groups excluding tert-OH is 1. The number of carbonyl (C=O) groups excluding carboxylic acids is 1. The van der Waals surface area contributed by atoms with Crippen LogP contribution in [0, 0.1) is 11.8 Å². The van der Waals surface area contributed by atoms with Crippen LogP contribution in [0.2, 0.25) is 0 Å². The number of rotatable bonds is 6. The lowest BCUT2D eigenvalue weighted by molar-refractivity contribution is -0.123. The highest BCUT2D eigenvalue weighted by atomic mass is 16.3. The third-order valence-electron chi connectivity index (χ3n) is 3.21. The van der Waals surface area contributed by atoms with Crippen molar-refractivity contribution >= 4 is 5.91 Å². The van der Waals surface area contributed by atoms with E-state index in [2.05, 4.69) is 5.32 Å². The molecule has 0 heterocycles. The first-order valence-corrected chi connectivity index (χ1v) is 5.77. The van der Waals surface area contributed by atoms with Gasteiger partial charge in [-0.1, -0.05) is 20.3 Å². The van der Waals surface area contributed by atoms with Crippen LogP contribution < -0.4 is 11.1 Å². The summed E-state index contributed by atoms with van der Waals surface area (Å²) in [5, 5.41) is 12.3. The van der Waals surface area contributed by atoms with Gasteiger partial charge in [-0.2, -0.15) is 0 Å². The molecule has 1 amide bonds. The first-order valence-electron chi connectivity index (χ1n) is 5.77. The molecule has 0 aliphatic heterocycles. The Balaban J connectivity index is 2.22. The van der Waals surface area contributed by atoms with Crippen LogP contribution in [0.25, 0.3) is 0 Å². The van der Waals surface area contributed by atoms with Gasteiger partial charge in [0.05, 0.1) is 12.1 Å². The number of hydrogen-bond donors (Lipinski definition) is 3. The summed E-state index contributed by atoms with van der Waals surface area (Å²) in [6, 6.07) is -0.457. The Kier molecular flexibility index (Phi) is 4.54. The summed E-state index contributed by atoms with van der Waals surface area (Å²) in [5.74, 6) is 0.428. The third kappa shape index (κ3) is 3.80. The molecular weight excluding hydrogens is 192 g/mol. The van der Waals surface area contributed by atoms with Crippen molar-refractivity contribution in [1.29, 1.82) is 0 Å². The second kappa shape index (κ2) is 5.47. The number of hydrogen-bond acceptors (Lipinski definition) is 3. The van der Waals surface area contributed by atoms with Gasteiger partial charge in [-0.15, -0.1) is 0 Å². The van der Waals surface area contributed by atoms with Gasteiger partial charge < -0.3 is 16.2 Å². The molecule has 3 atom stereocenters. The van der Waals surface area contributed by atoms with Gasteiger partial charge in [0.1, 0.15) is 0 Å². The van der Waals surface area contributed by atoms with Gasteiger partial charge in [0.2, 0.25) is 5.91 Å². The molecule has 0 aromatic heterocycles. The van der Waals surface area contributed by atoms with Crippen molar-refractivity contribution in [1.82, 2.24) is 5.32 Å². The zero-order valence-electron chi connectivity index (χ0n) is 9.57. The summed E-state index contributed by atoms with van der Waals surface area (Å²) < 4.78 is 0. The largest absolute Gasteiger partial charge is 0.391 e. The van der Waals surface area contributed by atoms with Crippen LogP contribution in [0.5, 0.6) is 0 Å². The molecule has 15 heavy (non-hydrogen) atoms. The molecule has 1 aliphatic carbocycles. The second-order valence-electron chi connectivity index (χ2n) is 4.56. The zero-order chi connectivity index (χ0) is 11.4. The van der Waals surface area contributed by atoms with Crippen LogP contribution in [0.15, 0.2) is 0 Å². The van der Waals surface area contributed by atoms with Crippen LogP contribution in [0.1, 0.15) is 33.1 Å². The zero-order valence-corrected chi connectivity index (χ0v) is 9.57. The van der Waals surface area contributed by atoms with E-state index in [1.54, 1.807) is 0 Å². The van der Waals surface area contributed by atoms with Crippen molar-refractivity contribution in [3.8, 4) is 0 Å². The Labute approximate surface area is 91.2 Å². The van der Waals surface area contributed by atoms with E-state index in [9.17, 15) is 9.90 Å². The minimum Gasteiger partial charge on any atom is -0.391 e. The molecule has 1 saturated carbocycles. The van der Waals surface area contributed by atoms with Crippen LogP contribution >= 0.6 is 0 Å². The summed E-state index contributed by atoms with van der Waals surface area (Å²) in [4.78, 5) is 11.5. The molecule has 0 aromatic rings. The standard InChI is InChI=1S/C11H22N2O2/c1-3-7(2)10(12)11(15)13-6-9(14)8-4-5-8/h7-10,14H,3-6,12H2,1-2H3,(H,13,15). The maximum Gasteiger partial charge on any atom is 0.237 e. The SMILES string of the molecule is CCC(C)C(N)C(=O)NCC(O)C1CC1. The normalized spacial score (nSPS) is 21.9. The molecule has 0 bridgehead atoms. The fourth-order valence-electron chi connectivity index (χ4n) is 1.48. The fourth-order valence-corrected chi connectivity index (χ4v) is 1.48. The Hall–Kier alpha value is -0.610. The van der Waals surface area contributed by atoms with E-state index < -0.39 is 12.1 Å². The molecule has 0 saturated heterocycles. The first kappa shape index (κ1) is 12.5. The summed E-state index contributed by atoms with van der Waals surface area (Å²) in [6.07, 6.45) is 2.65. The Morgan fingerprint density at radius 1 is 1.60 bits per heavy atom. The number of nitrogens with two attached hydrogens (primary N) is 1. The fraction of sp³-hybridized carbons (Fsp3) is 0.909. The van der Waals surface area contributed by atoms with E-state index in [1.165, 1.54) is 0 Å². The van der Waals surface area contributed by atoms with Gasteiger partial charge in [-0.25, -0.2) is 0 Å². The number of carbonyl (C=O) groups is 1. The molecule has 0 radical (unpaired) electrons. The minimum absolute atomic E-state index is 0.149. The average molecular weight is 214 g/mol. The predicted octanol–water partition coefficient (Wildman–Crippen LogP) is 0.247. The quantitative estimate of drug-likeness (QED) is 0.593. The van der Waals surface area contributed by atoms with Gasteiger partial charge in [-0.3, -0.25) is 4.79 Å². The first-order chi connectivity index (χ1) is 7.06. The highest BCUT2D eigenvalue weighted by molar-refractivity contribution is 5.81. The lowest BCUT2D eigenvalue weighted by atomic mass is 9.99. The molecule has 4 nitrogen and oxygen atoms in total. The molecule has 1 aliphatic rings. The van der Waals surface area contributed by atoms with E-state index in [0.29, 0.717) is 12.5 Å². The summed E-state index contributed by atoms with van der Waals surface area (Å²) in [5.41, 5.74) is 5.76. The van der Waals surface area contributed by atoms with Gasteiger partial charge in [0.25, 0.3) is 0 Å². The van der Waals surface area contributed by atoms with E-state index in [4.69, 9.17) is 5.73 Å². The highest BCUT2D eigenvalue weighted by Crippen LogP contribution is 2.32. The highest BCUT2D eigenvalue weighted by Gasteiger charge is 2.30. The molecule has 4 N–H and O–H groups in total. The van der Waals surface area contributed by atoms with Crippen LogP contribution in [-0.4, -0.2) is 29.7 Å². The molecule has 3 unspecified atom stereocenters. The molecular formula is C11H22N2O2. The third-order valence-corrected chi connectivity index (χ3v) is 3.21. The molecule has 1 rings (SSSR count). The van der Waals surface area contributed by atoms with Gasteiger partial charge in [0.15, 0.2) is 0 Å². The van der Waals surface area contributed by atoms with Gasteiger partial charge in [0, 0.05) is 6.54 Å². The topological polar surface area (TPSA) is 75.4 Å². The van der Waals surface area contributed by atoms with E-state index in [0.717, 1.165) is 19.3 Å². The van der Waals surface area contributed by atoms with Crippen molar-refractivity contribution < 1.29 is 9.90 Å². The Morgan fingerprint density at radius 3 is 2.67 bits per heavy atom. The molecule has 1 fully saturated rings. The number of aliphatic hydroxyl groups is 1. The smallest absolute Gasteiger partial charge is 0.237 e. The number of nitrogens with one attached hydrogen (secondary N) is 1. The molecule has 88 valence electrons. The Morgan fingerprint density at radius 2 is 2.20 bits per heavy atom. The van der Waals surface area contributed by atoms with Crippen molar-refractivity contribution in [2.75, 3.05) is 6.54 Å². The van der Waals surface area contributed by atoms with Gasteiger partial charge >= 0.3 is 0 Å². The van der Waals surface area contributed by atoms with Crippen LogP contribution in [0.3, 0.4) is 0 Å². The summed E-state index contributed by atoms with van der Waals surface area (Å²) >= 11 is 0. The second-order valence-corrected chi connectivity index (χ2v) is 4.56. The summed E-state index contributed by atoms with van der Waals surface area (Å²) in [6.45, 7) is 4.31.